The minimum atomic E-state index is -4.58. The molecule has 10 heteroatoms. The molecule has 0 N–H and O–H groups in total. The molecule has 0 nitrogen and oxygen atoms in total. The van der Waals surface area contributed by atoms with Crippen molar-refractivity contribution in [1.82, 2.24) is 0 Å². The minimum absolute atomic E-state index is 3.85. The molecule has 0 saturated heterocycles. The second-order valence-corrected chi connectivity index (χ2v) is 5.70. The van der Waals surface area contributed by atoms with Gasteiger partial charge in [-0.05, 0) is 11.6 Å². The molecule has 0 aliphatic rings. The maximum atomic E-state index is 13.2. The predicted octanol–water partition coefficient (Wildman–Crippen LogP) is 5.00. The van der Waals surface area contributed by atoms with Gasteiger partial charge in [-0.1, -0.05) is 58.0 Å². The lowest BCUT2D eigenvalue weighted by atomic mass is 10.2. The smallest absolute Gasteiger partial charge is 0.216 e. The van der Waals surface area contributed by atoms with Crippen molar-refractivity contribution in [3.8, 4) is 0 Å². The Morgan fingerprint density at radius 3 is 1.00 bits per heavy atom. The molecule has 0 saturated carbocycles. The highest BCUT2D eigenvalue weighted by Gasteiger charge is 2.73. The lowest BCUT2D eigenvalue weighted by Crippen LogP contribution is -2.56. The molecular formula is C4Cl6F4. The van der Waals surface area contributed by atoms with E-state index in [0.29, 0.717) is 0 Å². The van der Waals surface area contributed by atoms with E-state index in [-0.39, 0.29) is 0 Å². The molecule has 0 radical (unpaired) electrons. The molecule has 0 heterocycles. The Labute approximate surface area is 106 Å². The Hall–Kier alpha value is 1.46. The molecule has 1 atom stereocenters. The Morgan fingerprint density at radius 2 is 0.929 bits per heavy atom. The quantitative estimate of drug-likeness (QED) is 0.502. The van der Waals surface area contributed by atoms with Gasteiger partial charge >= 0.3 is 9.97 Å². The highest BCUT2D eigenvalue weighted by atomic mass is 35.5. The van der Waals surface area contributed by atoms with Gasteiger partial charge in [-0.25, -0.2) is 8.78 Å². The maximum absolute atomic E-state index is 13.2. The summed E-state index contributed by atoms with van der Waals surface area (Å²) in [6.07, 6.45) is 0. The summed E-state index contributed by atoms with van der Waals surface area (Å²) in [7, 11) is 0. The van der Waals surface area contributed by atoms with Gasteiger partial charge < -0.3 is 0 Å². The zero-order valence-corrected chi connectivity index (χ0v) is 10.3. The van der Waals surface area contributed by atoms with Gasteiger partial charge in [0.25, 0.3) is 5.13 Å². The lowest BCUT2D eigenvalue weighted by Gasteiger charge is -2.36. The highest BCUT2D eigenvalue weighted by Crippen LogP contribution is 2.59. The van der Waals surface area contributed by atoms with Crippen LogP contribution in [0, 0.1) is 0 Å². The fourth-order valence-corrected chi connectivity index (χ4v) is 1.39. The zero-order valence-electron chi connectivity index (χ0n) is 5.78. The normalized spacial score (nSPS) is 19.3. The Balaban J connectivity index is 5.30. The standard InChI is InChI=1S/C4Cl6F4/c5-1(6,4(10,13)14)2(7,11)3(8,9)12. The minimum Gasteiger partial charge on any atom is -0.216 e. The van der Waals surface area contributed by atoms with E-state index in [9.17, 15) is 17.6 Å². The fourth-order valence-electron chi connectivity index (χ4n) is 0.356. The average molecular weight is 337 g/mol. The van der Waals surface area contributed by atoms with Crippen LogP contribution in [0.3, 0.4) is 0 Å². The van der Waals surface area contributed by atoms with Gasteiger partial charge in [0.05, 0.1) is 0 Å². The van der Waals surface area contributed by atoms with E-state index in [4.69, 9.17) is 23.2 Å². The molecule has 0 aromatic heterocycles. The lowest BCUT2D eigenvalue weighted by molar-refractivity contribution is 0.00715. The Kier molecular flexibility index (Phi) is 4.46. The molecule has 0 spiro atoms. The summed E-state index contributed by atoms with van der Waals surface area (Å²) in [6.45, 7) is 0. The molecular weight excluding hydrogens is 337 g/mol. The summed E-state index contributed by atoms with van der Waals surface area (Å²) in [5, 5.41) is -8.77. The van der Waals surface area contributed by atoms with Crippen molar-refractivity contribution in [2.75, 3.05) is 0 Å². The second kappa shape index (κ2) is 4.04. The zero-order chi connectivity index (χ0) is 12.0. The van der Waals surface area contributed by atoms with Gasteiger partial charge in [0.2, 0.25) is 4.33 Å². The second-order valence-electron chi connectivity index (χ2n) is 2.14. The molecule has 0 amide bonds. The first-order valence-corrected chi connectivity index (χ1v) is 4.91. The molecule has 0 bridgehead atoms. The average Bonchev–Trinajstić information content (AvgIpc) is 1.81. The molecule has 14 heavy (non-hydrogen) atoms. The van der Waals surface area contributed by atoms with Gasteiger partial charge in [-0.15, -0.1) is 0 Å². The van der Waals surface area contributed by atoms with E-state index in [1.165, 1.54) is 0 Å². The molecule has 0 aliphatic carbocycles. The van der Waals surface area contributed by atoms with Gasteiger partial charge in [-0.2, -0.15) is 8.78 Å². The molecule has 86 valence electrons. The van der Waals surface area contributed by atoms with Crippen molar-refractivity contribution in [2.24, 2.45) is 0 Å². The van der Waals surface area contributed by atoms with Crippen LogP contribution in [0.25, 0.3) is 0 Å². The van der Waals surface area contributed by atoms with Gasteiger partial charge in [0.15, 0.2) is 0 Å². The summed E-state index contributed by atoms with van der Waals surface area (Å²) < 4.78 is 42.9. The first-order valence-electron chi connectivity index (χ1n) is 2.64. The Bertz CT molecular complexity index is 191. The van der Waals surface area contributed by atoms with E-state index in [0.717, 1.165) is 0 Å². The molecule has 0 aromatic rings. The first kappa shape index (κ1) is 15.5. The van der Waals surface area contributed by atoms with Crippen molar-refractivity contribution < 1.29 is 17.6 Å². The van der Waals surface area contributed by atoms with Crippen molar-refractivity contribution >= 4 is 69.6 Å². The van der Waals surface area contributed by atoms with E-state index < -0.39 is 19.4 Å². The van der Waals surface area contributed by atoms with Gasteiger partial charge in [-0.3, -0.25) is 0 Å². The van der Waals surface area contributed by atoms with Gasteiger partial charge in [0.1, 0.15) is 0 Å². The fraction of sp³-hybridized carbons (Fsp3) is 1.00. The summed E-state index contributed by atoms with van der Waals surface area (Å²) in [6, 6.07) is 0. The van der Waals surface area contributed by atoms with Crippen LogP contribution in [0.15, 0.2) is 0 Å². The monoisotopic (exact) mass is 334 g/mol. The van der Waals surface area contributed by atoms with E-state index >= 15 is 0 Å². The molecule has 1 unspecified atom stereocenters. The number of rotatable bonds is 3. The van der Waals surface area contributed by atoms with Crippen molar-refractivity contribution in [1.29, 1.82) is 0 Å². The largest absolute Gasteiger partial charge is 0.358 e. The van der Waals surface area contributed by atoms with Crippen molar-refractivity contribution in [3.63, 3.8) is 0 Å². The molecule has 0 aliphatic heterocycles. The summed E-state index contributed by atoms with van der Waals surface area (Å²) in [5.41, 5.74) is 0. The number of hydrogen-bond acceptors (Lipinski definition) is 0. The Morgan fingerprint density at radius 1 is 0.643 bits per heavy atom. The SMILES string of the molecule is FC(F)(Cl)C(Cl)(Cl)C(F)(Cl)C(F)(Cl)Cl. The number of halogens is 10. The first-order chi connectivity index (χ1) is 5.75. The van der Waals surface area contributed by atoms with Crippen LogP contribution < -0.4 is 0 Å². The van der Waals surface area contributed by atoms with Gasteiger partial charge in [0, 0.05) is 0 Å². The van der Waals surface area contributed by atoms with E-state index in [2.05, 4.69) is 46.4 Å². The van der Waals surface area contributed by atoms with Crippen LogP contribution in [0.5, 0.6) is 0 Å². The van der Waals surface area contributed by atoms with Crippen molar-refractivity contribution in [3.05, 3.63) is 0 Å². The van der Waals surface area contributed by atoms with E-state index in [1.54, 1.807) is 0 Å². The number of hydrogen-bond donors (Lipinski definition) is 0. The topological polar surface area (TPSA) is 0 Å². The summed E-state index contributed by atoms with van der Waals surface area (Å²) in [4.78, 5) is 0. The highest BCUT2D eigenvalue weighted by molar-refractivity contribution is 6.61. The van der Waals surface area contributed by atoms with Crippen LogP contribution in [-0.2, 0) is 0 Å². The molecule has 0 rings (SSSR count). The summed E-state index contributed by atoms with van der Waals surface area (Å²) in [5.74, 6) is 0. The third kappa shape index (κ3) is 2.58. The molecule has 0 fully saturated rings. The van der Waals surface area contributed by atoms with Crippen LogP contribution in [0.1, 0.15) is 0 Å². The predicted molar refractivity (Wildman–Crippen MR) is 50.5 cm³/mol. The van der Waals surface area contributed by atoms with Crippen LogP contribution in [0.4, 0.5) is 17.6 Å². The van der Waals surface area contributed by atoms with Crippen molar-refractivity contribution in [2.45, 2.75) is 19.4 Å². The van der Waals surface area contributed by atoms with Crippen LogP contribution in [0.2, 0.25) is 0 Å². The van der Waals surface area contributed by atoms with E-state index in [1.807, 2.05) is 0 Å². The maximum Gasteiger partial charge on any atom is 0.358 e. The van der Waals surface area contributed by atoms with Crippen LogP contribution in [-0.4, -0.2) is 19.4 Å². The van der Waals surface area contributed by atoms with Crippen LogP contribution >= 0.6 is 69.6 Å². The third-order valence-corrected chi connectivity index (χ3v) is 4.03. The number of alkyl halides is 10. The third-order valence-electron chi connectivity index (χ3n) is 1.11. The molecule has 0 aromatic carbocycles. The summed E-state index contributed by atoms with van der Waals surface area (Å²) >= 11 is 27.6.